The number of benzene rings is 1. The molecule has 4 N–H and O–H groups in total. The Morgan fingerprint density at radius 3 is 2.84 bits per heavy atom. The van der Waals surface area contributed by atoms with Crippen LogP contribution in [0.15, 0.2) is 22.7 Å². The number of halogens is 1. The number of H-pyrrole nitrogens is 1. The lowest BCUT2D eigenvalue weighted by molar-refractivity contribution is -0.110. The van der Waals surface area contributed by atoms with Crippen LogP contribution in [0.4, 0.5) is 5.69 Å². The van der Waals surface area contributed by atoms with E-state index in [0.717, 1.165) is 34.4 Å². The molecule has 32 heavy (non-hydrogen) atoms. The minimum Gasteiger partial charge on any atom is -0.390 e. The molecule has 1 saturated heterocycles. The summed E-state index contributed by atoms with van der Waals surface area (Å²) in [6.45, 7) is 7.24. The Morgan fingerprint density at radius 1 is 1.34 bits per heavy atom. The van der Waals surface area contributed by atoms with Crippen LogP contribution in [0.1, 0.15) is 32.9 Å². The maximum atomic E-state index is 12.9. The molecule has 170 valence electrons. The SMILES string of the molecule is Cc1[nH]c(/C=C2\C(=O)Nc3ccc(Br)cc32)c(C)c1C(=O)NCC(O)CN1CCOCC1. The standard InChI is InChI=1S/C23H27BrN4O4/c1-13-20(10-18-17-9-15(24)3-4-19(17)27-22(18)30)26-14(2)21(13)23(31)25-11-16(29)12-28-5-7-32-8-6-28/h3-4,9-10,16,26,29H,5-8,11-12H2,1-2H3,(H,25,31)(H,27,30)/b18-10-. The number of hydrogen-bond acceptors (Lipinski definition) is 5. The Hall–Kier alpha value is -2.46. The van der Waals surface area contributed by atoms with Gasteiger partial charge in [0.1, 0.15) is 0 Å². The fraction of sp³-hybridized carbons (Fsp3) is 0.391. The number of aliphatic hydroxyl groups is 1. The first-order chi connectivity index (χ1) is 15.3. The highest BCUT2D eigenvalue weighted by Gasteiger charge is 2.26. The largest absolute Gasteiger partial charge is 0.390 e. The Morgan fingerprint density at radius 2 is 2.09 bits per heavy atom. The van der Waals surface area contributed by atoms with Crippen LogP contribution in [0.3, 0.4) is 0 Å². The number of fused-ring (bicyclic) bond motifs is 1. The molecule has 1 atom stereocenters. The summed E-state index contributed by atoms with van der Waals surface area (Å²) in [7, 11) is 0. The van der Waals surface area contributed by atoms with Gasteiger partial charge in [-0.05, 0) is 43.7 Å². The maximum Gasteiger partial charge on any atom is 0.256 e. The molecule has 0 radical (unpaired) electrons. The molecule has 3 heterocycles. The molecule has 1 aromatic carbocycles. The van der Waals surface area contributed by atoms with Crippen LogP contribution in [-0.2, 0) is 9.53 Å². The van der Waals surface area contributed by atoms with Crippen LogP contribution in [-0.4, -0.2) is 72.3 Å². The van der Waals surface area contributed by atoms with E-state index in [9.17, 15) is 14.7 Å². The predicted molar refractivity (Wildman–Crippen MR) is 127 cm³/mol. The number of amides is 2. The lowest BCUT2D eigenvalue weighted by Crippen LogP contribution is -2.44. The van der Waals surface area contributed by atoms with Crippen LogP contribution in [0.5, 0.6) is 0 Å². The number of aromatic amines is 1. The second kappa shape index (κ2) is 9.58. The maximum absolute atomic E-state index is 12.9. The Bertz CT molecular complexity index is 1070. The van der Waals surface area contributed by atoms with E-state index in [-0.39, 0.29) is 18.4 Å². The summed E-state index contributed by atoms with van der Waals surface area (Å²) in [5.41, 5.74) is 4.82. The van der Waals surface area contributed by atoms with E-state index in [1.54, 1.807) is 6.08 Å². The Kier molecular flexibility index (Phi) is 6.80. The van der Waals surface area contributed by atoms with Gasteiger partial charge in [-0.3, -0.25) is 14.5 Å². The van der Waals surface area contributed by atoms with Gasteiger partial charge < -0.3 is 25.5 Å². The van der Waals surface area contributed by atoms with Gasteiger partial charge in [0.15, 0.2) is 0 Å². The molecule has 0 aliphatic carbocycles. The predicted octanol–water partition coefficient (Wildman–Crippen LogP) is 2.31. The molecule has 1 unspecified atom stereocenters. The number of hydrogen-bond donors (Lipinski definition) is 4. The zero-order valence-corrected chi connectivity index (χ0v) is 19.7. The number of rotatable bonds is 6. The van der Waals surface area contributed by atoms with Gasteiger partial charge in [0, 0.05) is 53.3 Å². The third-order valence-electron chi connectivity index (χ3n) is 5.83. The molecule has 4 rings (SSSR count). The Labute approximate surface area is 195 Å². The average Bonchev–Trinajstić information content (AvgIpc) is 3.22. The lowest BCUT2D eigenvalue weighted by atomic mass is 10.0. The quantitative estimate of drug-likeness (QED) is 0.453. The Balaban J connectivity index is 1.47. The van der Waals surface area contributed by atoms with Crippen molar-refractivity contribution in [1.29, 1.82) is 0 Å². The topological polar surface area (TPSA) is 107 Å². The zero-order valence-electron chi connectivity index (χ0n) is 18.1. The first kappa shape index (κ1) is 22.7. The van der Waals surface area contributed by atoms with Crippen LogP contribution >= 0.6 is 15.9 Å². The highest BCUT2D eigenvalue weighted by molar-refractivity contribution is 9.10. The van der Waals surface area contributed by atoms with E-state index in [4.69, 9.17) is 4.74 Å². The molecule has 2 amide bonds. The van der Waals surface area contributed by atoms with Gasteiger partial charge in [0.25, 0.3) is 11.8 Å². The number of nitrogens with zero attached hydrogens (tertiary/aromatic N) is 1. The van der Waals surface area contributed by atoms with Crippen molar-refractivity contribution in [1.82, 2.24) is 15.2 Å². The van der Waals surface area contributed by atoms with E-state index in [1.165, 1.54) is 0 Å². The van der Waals surface area contributed by atoms with Crippen molar-refractivity contribution >= 4 is 45.1 Å². The van der Waals surface area contributed by atoms with Crippen molar-refractivity contribution in [3.05, 3.63) is 50.8 Å². The minimum absolute atomic E-state index is 0.167. The molecule has 2 aromatic rings. The number of aromatic nitrogens is 1. The van der Waals surface area contributed by atoms with Gasteiger partial charge in [-0.15, -0.1) is 0 Å². The highest BCUT2D eigenvalue weighted by Crippen LogP contribution is 2.35. The molecular formula is C23H27BrN4O4. The van der Waals surface area contributed by atoms with Crippen molar-refractivity contribution < 1.29 is 19.4 Å². The summed E-state index contributed by atoms with van der Waals surface area (Å²) in [6.07, 6.45) is 1.12. The number of nitrogens with one attached hydrogen (secondary N) is 3. The molecular weight excluding hydrogens is 476 g/mol. The number of aryl methyl sites for hydroxylation is 1. The van der Waals surface area contributed by atoms with Crippen LogP contribution in [0.2, 0.25) is 0 Å². The number of morpholine rings is 1. The molecule has 0 saturated carbocycles. The molecule has 2 aliphatic heterocycles. The van der Waals surface area contributed by atoms with Crippen LogP contribution in [0.25, 0.3) is 11.6 Å². The summed E-state index contributed by atoms with van der Waals surface area (Å²) in [5, 5.41) is 16.0. The smallest absolute Gasteiger partial charge is 0.256 e. The first-order valence-electron chi connectivity index (χ1n) is 10.6. The molecule has 2 aliphatic rings. The number of ether oxygens (including phenoxy) is 1. The summed E-state index contributed by atoms with van der Waals surface area (Å²) in [5.74, 6) is -0.428. The third kappa shape index (κ3) is 4.80. The van der Waals surface area contributed by atoms with E-state index < -0.39 is 6.10 Å². The number of aliphatic hydroxyl groups excluding tert-OH is 1. The van der Waals surface area contributed by atoms with Gasteiger partial charge in [0.2, 0.25) is 0 Å². The molecule has 8 nitrogen and oxygen atoms in total. The van der Waals surface area contributed by atoms with Crippen LogP contribution < -0.4 is 10.6 Å². The van der Waals surface area contributed by atoms with Crippen molar-refractivity contribution in [3.8, 4) is 0 Å². The first-order valence-corrected chi connectivity index (χ1v) is 11.4. The monoisotopic (exact) mass is 502 g/mol. The van der Waals surface area contributed by atoms with Gasteiger partial charge in [-0.25, -0.2) is 0 Å². The third-order valence-corrected chi connectivity index (χ3v) is 6.32. The number of carbonyl (C=O) groups excluding carboxylic acids is 2. The molecule has 0 spiro atoms. The second-order valence-electron chi connectivity index (χ2n) is 8.14. The van der Waals surface area contributed by atoms with Gasteiger partial charge in [0.05, 0.1) is 30.5 Å². The van der Waals surface area contributed by atoms with Gasteiger partial charge in [-0.2, -0.15) is 0 Å². The summed E-state index contributed by atoms with van der Waals surface area (Å²) < 4.78 is 6.20. The number of carbonyl (C=O) groups is 2. The summed E-state index contributed by atoms with van der Waals surface area (Å²) >= 11 is 3.45. The highest BCUT2D eigenvalue weighted by atomic mass is 79.9. The lowest BCUT2D eigenvalue weighted by Gasteiger charge is -2.28. The molecule has 0 bridgehead atoms. The fourth-order valence-electron chi connectivity index (χ4n) is 4.15. The zero-order chi connectivity index (χ0) is 22.8. The van der Waals surface area contributed by atoms with E-state index in [1.807, 2.05) is 32.0 Å². The van der Waals surface area contributed by atoms with Crippen molar-refractivity contribution in [2.45, 2.75) is 20.0 Å². The van der Waals surface area contributed by atoms with Crippen molar-refractivity contribution in [2.75, 3.05) is 44.7 Å². The molecule has 9 heteroatoms. The summed E-state index contributed by atoms with van der Waals surface area (Å²) in [6, 6.07) is 5.63. The van der Waals surface area contributed by atoms with Crippen molar-refractivity contribution in [2.24, 2.45) is 0 Å². The fourth-order valence-corrected chi connectivity index (χ4v) is 4.51. The molecule has 1 aromatic heterocycles. The minimum atomic E-state index is -0.657. The van der Waals surface area contributed by atoms with E-state index in [0.29, 0.717) is 42.3 Å². The van der Waals surface area contributed by atoms with Gasteiger partial charge >= 0.3 is 0 Å². The van der Waals surface area contributed by atoms with E-state index in [2.05, 4.69) is 36.4 Å². The second-order valence-corrected chi connectivity index (χ2v) is 9.06. The summed E-state index contributed by atoms with van der Waals surface area (Å²) in [4.78, 5) is 30.7. The average molecular weight is 503 g/mol. The van der Waals surface area contributed by atoms with Crippen LogP contribution in [0, 0.1) is 13.8 Å². The van der Waals surface area contributed by atoms with E-state index >= 15 is 0 Å². The van der Waals surface area contributed by atoms with Gasteiger partial charge in [-0.1, -0.05) is 15.9 Å². The van der Waals surface area contributed by atoms with Crippen molar-refractivity contribution in [3.63, 3.8) is 0 Å². The number of anilines is 1. The molecule has 1 fully saturated rings. The normalized spacial score (nSPS) is 18.5. The number of β-amino-alcohol motifs (C(OH)–C–C–N with tert-alkyl or cyclic N) is 1.